The van der Waals surface area contributed by atoms with Crippen molar-refractivity contribution in [2.24, 2.45) is 11.8 Å². The number of hydrogen-bond acceptors (Lipinski definition) is 4. The summed E-state index contributed by atoms with van der Waals surface area (Å²) in [5.74, 6) is 1.36. The van der Waals surface area contributed by atoms with Crippen molar-refractivity contribution in [3.05, 3.63) is 50.7 Å². The van der Waals surface area contributed by atoms with Crippen LogP contribution in [0, 0.1) is 18.8 Å². The highest BCUT2D eigenvalue weighted by atomic mass is 35.5. The molecule has 2 aromatic rings. The number of nitrogens with zero attached hydrogens (tertiary/aromatic N) is 2. The minimum Gasteiger partial charge on any atom is -0.491 e. The van der Waals surface area contributed by atoms with Crippen molar-refractivity contribution in [2.75, 3.05) is 26.2 Å². The van der Waals surface area contributed by atoms with Gasteiger partial charge in [-0.15, -0.1) is 11.3 Å². The fourth-order valence-corrected chi connectivity index (χ4v) is 6.23. The van der Waals surface area contributed by atoms with Crippen molar-refractivity contribution in [1.82, 2.24) is 9.80 Å². The lowest BCUT2D eigenvalue weighted by Gasteiger charge is -2.37. The highest BCUT2D eigenvalue weighted by Crippen LogP contribution is 2.35. The van der Waals surface area contributed by atoms with E-state index >= 15 is 0 Å². The zero-order valence-corrected chi connectivity index (χ0v) is 22.7. The number of carbonyl (C=O) groups is 2. The third kappa shape index (κ3) is 6.21. The number of carbonyl (C=O) groups excluding carboxylic acids is 2. The van der Waals surface area contributed by atoms with Gasteiger partial charge in [0.2, 0.25) is 11.8 Å². The van der Waals surface area contributed by atoms with Gasteiger partial charge in [-0.2, -0.15) is 0 Å². The quantitative estimate of drug-likeness (QED) is 0.394. The molecule has 1 saturated carbocycles. The number of aryl methyl sites for hydroxylation is 1. The SMILES string of the molecule is CC[C@@H](C)CN(CC(=O)N1CCc2sccc2[C@H]1COc1ccc(Cl)c(C)c1)C(=O)C1CCCC1. The van der Waals surface area contributed by atoms with E-state index in [1.807, 2.05) is 34.9 Å². The standard InChI is InChI=1S/C28H37ClN2O3S/c1-4-19(2)16-30(28(33)21-7-5-6-8-21)17-27(32)31-13-11-26-23(12-14-35-26)25(31)18-34-22-9-10-24(29)20(3)15-22/h9-10,12,14-15,19,21,25H,4-8,11,13,16-18H2,1-3H3/t19-,25-/m1/s1. The first-order valence-electron chi connectivity index (χ1n) is 12.9. The number of rotatable bonds is 9. The first-order valence-corrected chi connectivity index (χ1v) is 14.2. The van der Waals surface area contributed by atoms with Crippen molar-refractivity contribution >= 4 is 34.8 Å². The maximum Gasteiger partial charge on any atom is 0.242 e. The molecule has 1 aliphatic carbocycles. The Hall–Kier alpha value is -2.05. The molecule has 2 heterocycles. The number of fused-ring (bicyclic) bond motifs is 1. The molecule has 2 atom stereocenters. The summed E-state index contributed by atoms with van der Waals surface area (Å²) in [5.41, 5.74) is 2.12. The summed E-state index contributed by atoms with van der Waals surface area (Å²) < 4.78 is 6.18. The van der Waals surface area contributed by atoms with Crippen LogP contribution in [0.5, 0.6) is 5.75 Å². The minimum absolute atomic E-state index is 0.0115. The summed E-state index contributed by atoms with van der Waals surface area (Å²) in [6.45, 7) is 8.06. The average Bonchev–Trinajstić information content (AvgIpc) is 3.56. The molecule has 1 fully saturated rings. The molecule has 0 bridgehead atoms. The molecule has 190 valence electrons. The van der Waals surface area contributed by atoms with Gasteiger partial charge in [0.25, 0.3) is 0 Å². The molecule has 7 heteroatoms. The van der Waals surface area contributed by atoms with Gasteiger partial charge >= 0.3 is 0 Å². The van der Waals surface area contributed by atoms with Crippen molar-refractivity contribution in [2.45, 2.75) is 65.3 Å². The van der Waals surface area contributed by atoms with Crippen LogP contribution in [0.2, 0.25) is 5.02 Å². The third-order valence-electron chi connectivity index (χ3n) is 7.52. The Morgan fingerprint density at radius 2 is 2.03 bits per heavy atom. The van der Waals surface area contributed by atoms with Crippen molar-refractivity contribution in [3.63, 3.8) is 0 Å². The van der Waals surface area contributed by atoms with Gasteiger partial charge in [0.05, 0.1) is 12.6 Å². The van der Waals surface area contributed by atoms with Crippen LogP contribution in [0.1, 0.15) is 68.0 Å². The van der Waals surface area contributed by atoms with E-state index in [9.17, 15) is 9.59 Å². The Kier molecular flexibility index (Phi) is 8.77. The molecule has 0 radical (unpaired) electrons. The second-order valence-electron chi connectivity index (χ2n) is 10.1. The summed E-state index contributed by atoms with van der Waals surface area (Å²) in [5, 5.41) is 2.80. The van der Waals surface area contributed by atoms with Gasteiger partial charge in [-0.05, 0) is 72.9 Å². The first kappa shape index (κ1) is 26.0. The molecule has 1 aromatic carbocycles. The van der Waals surface area contributed by atoms with Gasteiger partial charge in [0, 0.05) is 28.9 Å². The molecule has 2 amide bonds. The lowest BCUT2D eigenvalue weighted by atomic mass is 10.00. The van der Waals surface area contributed by atoms with Crippen LogP contribution in [-0.4, -0.2) is 47.9 Å². The van der Waals surface area contributed by atoms with Gasteiger partial charge in [0.1, 0.15) is 12.4 Å². The molecule has 0 saturated heterocycles. The van der Waals surface area contributed by atoms with Crippen LogP contribution in [-0.2, 0) is 16.0 Å². The third-order valence-corrected chi connectivity index (χ3v) is 8.94. The van der Waals surface area contributed by atoms with E-state index in [0.29, 0.717) is 30.6 Å². The van der Waals surface area contributed by atoms with Crippen molar-refractivity contribution in [1.29, 1.82) is 0 Å². The van der Waals surface area contributed by atoms with E-state index in [2.05, 4.69) is 25.3 Å². The predicted octanol–water partition coefficient (Wildman–Crippen LogP) is 6.28. The number of ether oxygens (including phenoxy) is 1. The van der Waals surface area contributed by atoms with E-state index in [1.54, 1.807) is 11.3 Å². The molecule has 4 rings (SSSR count). The van der Waals surface area contributed by atoms with Crippen LogP contribution < -0.4 is 4.74 Å². The second-order valence-corrected chi connectivity index (χ2v) is 11.5. The molecule has 0 unspecified atom stereocenters. The monoisotopic (exact) mass is 516 g/mol. The molecule has 5 nitrogen and oxygen atoms in total. The smallest absolute Gasteiger partial charge is 0.242 e. The summed E-state index contributed by atoms with van der Waals surface area (Å²) in [4.78, 5) is 32.1. The zero-order valence-electron chi connectivity index (χ0n) is 21.1. The van der Waals surface area contributed by atoms with E-state index in [4.69, 9.17) is 16.3 Å². The number of amides is 2. The highest BCUT2D eigenvalue weighted by Gasteiger charge is 2.35. The summed E-state index contributed by atoms with van der Waals surface area (Å²) in [6, 6.07) is 7.59. The lowest BCUT2D eigenvalue weighted by molar-refractivity contribution is -0.145. The van der Waals surface area contributed by atoms with Gasteiger partial charge in [0.15, 0.2) is 0 Å². The fourth-order valence-electron chi connectivity index (χ4n) is 5.18. The molecule has 0 N–H and O–H groups in total. The van der Waals surface area contributed by atoms with Gasteiger partial charge in [-0.3, -0.25) is 9.59 Å². The number of halogens is 1. The predicted molar refractivity (Wildman–Crippen MR) is 142 cm³/mol. The summed E-state index contributed by atoms with van der Waals surface area (Å²) in [6.07, 6.45) is 5.95. The van der Waals surface area contributed by atoms with Gasteiger partial charge in [-0.1, -0.05) is 44.7 Å². The van der Waals surface area contributed by atoms with Crippen LogP contribution in [0.15, 0.2) is 29.6 Å². The maximum atomic E-state index is 13.7. The van der Waals surface area contributed by atoms with E-state index in [0.717, 1.165) is 55.4 Å². The van der Waals surface area contributed by atoms with Crippen LogP contribution in [0.4, 0.5) is 0 Å². The van der Waals surface area contributed by atoms with Crippen molar-refractivity contribution in [3.8, 4) is 5.75 Å². The number of benzene rings is 1. The molecular formula is C28H37ClN2O3S. The topological polar surface area (TPSA) is 49.9 Å². The van der Waals surface area contributed by atoms with E-state index in [-0.39, 0.29) is 30.3 Å². The molecular weight excluding hydrogens is 480 g/mol. The molecule has 0 spiro atoms. The molecule has 1 aromatic heterocycles. The zero-order chi connectivity index (χ0) is 24.9. The Morgan fingerprint density at radius 1 is 1.26 bits per heavy atom. The highest BCUT2D eigenvalue weighted by molar-refractivity contribution is 7.10. The summed E-state index contributed by atoms with van der Waals surface area (Å²) >= 11 is 7.92. The summed E-state index contributed by atoms with van der Waals surface area (Å²) in [7, 11) is 0. The minimum atomic E-state index is -0.166. The average molecular weight is 517 g/mol. The first-order chi connectivity index (χ1) is 16.9. The van der Waals surface area contributed by atoms with E-state index < -0.39 is 0 Å². The Morgan fingerprint density at radius 3 is 2.74 bits per heavy atom. The van der Waals surface area contributed by atoms with Gasteiger partial charge in [-0.25, -0.2) is 0 Å². The largest absolute Gasteiger partial charge is 0.491 e. The fraction of sp³-hybridized carbons (Fsp3) is 0.571. The van der Waals surface area contributed by atoms with E-state index in [1.165, 1.54) is 4.88 Å². The number of thiophene rings is 1. The molecule has 2 aliphatic rings. The van der Waals surface area contributed by atoms with Crippen LogP contribution in [0.3, 0.4) is 0 Å². The Bertz CT molecular complexity index is 1030. The molecule has 35 heavy (non-hydrogen) atoms. The Labute approximate surface area is 218 Å². The Balaban J connectivity index is 1.51. The number of hydrogen-bond donors (Lipinski definition) is 0. The lowest BCUT2D eigenvalue weighted by Crippen LogP contribution is -2.49. The van der Waals surface area contributed by atoms with Gasteiger partial charge < -0.3 is 14.5 Å². The maximum absolute atomic E-state index is 13.7. The second kappa shape index (κ2) is 11.8. The normalized spacial score (nSPS) is 18.9. The van der Waals surface area contributed by atoms with Crippen LogP contribution >= 0.6 is 22.9 Å². The molecule has 1 aliphatic heterocycles. The van der Waals surface area contributed by atoms with Crippen molar-refractivity contribution < 1.29 is 14.3 Å². The van der Waals surface area contributed by atoms with Crippen LogP contribution in [0.25, 0.3) is 0 Å².